The van der Waals surface area contributed by atoms with Crippen LogP contribution in [0.1, 0.15) is 16.7 Å². The minimum absolute atomic E-state index is 0.0256. The lowest BCUT2D eigenvalue weighted by Gasteiger charge is -2.21. The molecule has 0 aliphatic carbocycles. The first-order valence-corrected chi connectivity index (χ1v) is 13.3. The van der Waals surface area contributed by atoms with Crippen LogP contribution in [0.2, 0.25) is 0 Å². The molecule has 0 spiro atoms. The molecule has 164 valence electrons. The van der Waals surface area contributed by atoms with Crippen molar-refractivity contribution in [2.24, 2.45) is 4.40 Å². The van der Waals surface area contributed by atoms with Gasteiger partial charge < -0.3 is 0 Å². The number of halogens is 1. The predicted molar refractivity (Wildman–Crippen MR) is 128 cm³/mol. The topological polar surface area (TPSA) is 83.9 Å². The van der Waals surface area contributed by atoms with Gasteiger partial charge in [0.2, 0.25) is 0 Å². The second-order valence-corrected chi connectivity index (χ2v) is 11.6. The van der Waals surface area contributed by atoms with Crippen molar-refractivity contribution in [2.75, 3.05) is 0 Å². The number of nitrogens with zero attached hydrogens (tertiary/aromatic N) is 2. The van der Waals surface area contributed by atoms with Crippen molar-refractivity contribution in [1.82, 2.24) is 4.31 Å². The number of sulfonamides is 2. The molecule has 3 aromatic rings. The third kappa shape index (κ3) is 4.55. The zero-order chi connectivity index (χ0) is 22.9. The smallest absolute Gasteiger partial charge is 0.227 e. The minimum atomic E-state index is -4.15. The second kappa shape index (κ2) is 8.65. The third-order valence-corrected chi connectivity index (χ3v) is 8.53. The lowest BCUT2D eigenvalue weighted by atomic mass is 10.1. The molecule has 9 heteroatoms. The van der Waals surface area contributed by atoms with Crippen molar-refractivity contribution in [1.29, 1.82) is 0 Å². The van der Waals surface area contributed by atoms with Crippen molar-refractivity contribution in [2.45, 2.75) is 23.1 Å². The molecule has 3 aromatic carbocycles. The lowest BCUT2D eigenvalue weighted by Crippen LogP contribution is -2.33. The maximum atomic E-state index is 13.5. The Hall–Kier alpha value is -2.75. The minimum Gasteiger partial charge on any atom is -0.227 e. The molecule has 32 heavy (non-hydrogen) atoms. The van der Waals surface area contributed by atoms with Crippen LogP contribution in [0, 0.1) is 6.92 Å². The molecule has 0 radical (unpaired) electrons. The first-order valence-electron chi connectivity index (χ1n) is 9.63. The van der Waals surface area contributed by atoms with Crippen LogP contribution < -0.4 is 0 Å². The van der Waals surface area contributed by atoms with Gasteiger partial charge in [0.05, 0.1) is 9.79 Å². The molecule has 0 saturated heterocycles. The first kappa shape index (κ1) is 22.4. The van der Waals surface area contributed by atoms with Gasteiger partial charge in [-0.1, -0.05) is 57.9 Å². The van der Waals surface area contributed by atoms with Crippen molar-refractivity contribution in [3.05, 3.63) is 100 Å². The summed E-state index contributed by atoms with van der Waals surface area (Å²) in [6, 6.07) is 19.7. The van der Waals surface area contributed by atoms with Crippen LogP contribution in [-0.2, 0) is 26.5 Å². The van der Waals surface area contributed by atoms with E-state index in [0.29, 0.717) is 0 Å². The van der Waals surface area contributed by atoms with E-state index in [1.165, 1.54) is 30.5 Å². The highest BCUT2D eigenvalue weighted by atomic mass is 79.9. The number of fused-ring (bicyclic) bond motifs is 1. The van der Waals surface area contributed by atoms with Gasteiger partial charge in [-0.3, -0.25) is 0 Å². The fraction of sp³-hybridized carbons (Fsp3) is 0.0870. The Bertz CT molecular complexity index is 1430. The van der Waals surface area contributed by atoms with E-state index in [2.05, 4.69) is 20.3 Å². The molecule has 0 saturated carbocycles. The van der Waals surface area contributed by atoms with Gasteiger partial charge in [0, 0.05) is 17.1 Å². The molecule has 0 unspecified atom stereocenters. The molecular formula is C23H19BrN2O4S2. The van der Waals surface area contributed by atoms with Crippen LogP contribution in [0.25, 0.3) is 6.08 Å². The average Bonchev–Trinajstić information content (AvgIpc) is 2.93. The highest BCUT2D eigenvalue weighted by molar-refractivity contribution is 9.10. The number of rotatable bonds is 4. The lowest BCUT2D eigenvalue weighted by molar-refractivity contribution is 0.562. The number of hydrogen-bond acceptors (Lipinski definition) is 4. The van der Waals surface area contributed by atoms with Crippen LogP contribution in [0.4, 0.5) is 0 Å². The number of amidine groups is 1. The summed E-state index contributed by atoms with van der Waals surface area (Å²) < 4.78 is 58.7. The van der Waals surface area contributed by atoms with Gasteiger partial charge in [-0.25, -0.2) is 12.7 Å². The molecule has 0 fully saturated rings. The molecule has 1 aliphatic rings. The quantitative estimate of drug-likeness (QED) is 0.486. The van der Waals surface area contributed by atoms with E-state index in [4.69, 9.17) is 0 Å². The van der Waals surface area contributed by atoms with Gasteiger partial charge in [0.1, 0.15) is 5.84 Å². The van der Waals surface area contributed by atoms with E-state index >= 15 is 0 Å². The summed E-state index contributed by atoms with van der Waals surface area (Å²) in [7, 11) is -8.24. The summed E-state index contributed by atoms with van der Waals surface area (Å²) in [5, 5.41) is 0. The molecule has 0 bridgehead atoms. The van der Waals surface area contributed by atoms with Crippen molar-refractivity contribution >= 4 is 47.9 Å². The van der Waals surface area contributed by atoms with E-state index in [9.17, 15) is 16.8 Å². The van der Waals surface area contributed by atoms with E-state index < -0.39 is 20.0 Å². The fourth-order valence-electron chi connectivity index (χ4n) is 3.25. The summed E-state index contributed by atoms with van der Waals surface area (Å²) in [6.45, 7) is 1.86. The molecule has 1 aliphatic heterocycles. The van der Waals surface area contributed by atoms with Crippen molar-refractivity contribution in [3.8, 4) is 0 Å². The fourth-order valence-corrected chi connectivity index (χ4v) is 5.90. The van der Waals surface area contributed by atoms with Gasteiger partial charge in [0.25, 0.3) is 20.0 Å². The van der Waals surface area contributed by atoms with Crippen LogP contribution in [0.15, 0.2) is 97.7 Å². The molecule has 0 amide bonds. The molecule has 1 heterocycles. The largest absolute Gasteiger partial charge is 0.283 e. The number of benzene rings is 3. The molecule has 0 aromatic heterocycles. The van der Waals surface area contributed by atoms with Gasteiger partial charge in [-0.2, -0.15) is 8.42 Å². The zero-order valence-electron chi connectivity index (χ0n) is 17.0. The maximum absolute atomic E-state index is 13.5. The molecule has 6 nitrogen and oxygen atoms in total. The first-order chi connectivity index (χ1) is 15.2. The summed E-state index contributed by atoms with van der Waals surface area (Å²) in [5.41, 5.74) is 2.48. The summed E-state index contributed by atoms with van der Waals surface area (Å²) >= 11 is 3.28. The Kier molecular flexibility index (Phi) is 6.07. The monoisotopic (exact) mass is 530 g/mol. The summed E-state index contributed by atoms with van der Waals surface area (Å²) in [4.78, 5) is 0.0230. The molecule has 4 rings (SSSR count). The molecule has 0 atom stereocenters. The Morgan fingerprint density at radius 2 is 1.47 bits per heavy atom. The Morgan fingerprint density at radius 3 is 2.16 bits per heavy atom. The van der Waals surface area contributed by atoms with Crippen molar-refractivity contribution < 1.29 is 16.8 Å². The SMILES string of the molecule is Cc1ccc(S(=O)(=O)N2C=Cc3ccccc3C/C2=N\S(=O)(=O)c2ccc(Br)cc2)cc1. The van der Waals surface area contributed by atoms with Gasteiger partial charge in [0.15, 0.2) is 0 Å². The highest BCUT2D eigenvalue weighted by Crippen LogP contribution is 2.26. The number of hydrogen-bond donors (Lipinski definition) is 0. The number of aryl methyl sites for hydroxylation is 1. The normalized spacial score (nSPS) is 15.4. The van der Waals surface area contributed by atoms with Gasteiger partial charge >= 0.3 is 0 Å². The summed E-state index contributed by atoms with van der Waals surface area (Å²) in [6.07, 6.45) is 3.04. The molecular weight excluding hydrogens is 512 g/mol. The van der Waals surface area contributed by atoms with E-state index in [1.807, 2.05) is 31.2 Å². The van der Waals surface area contributed by atoms with E-state index in [1.54, 1.807) is 30.3 Å². The summed E-state index contributed by atoms with van der Waals surface area (Å²) in [5.74, 6) is -0.102. The third-order valence-electron chi connectivity index (χ3n) is 4.96. The Balaban J connectivity index is 1.87. The average molecular weight is 531 g/mol. The maximum Gasteiger partial charge on any atom is 0.283 e. The predicted octanol–water partition coefficient (Wildman–Crippen LogP) is 4.76. The highest BCUT2D eigenvalue weighted by Gasteiger charge is 2.30. The van der Waals surface area contributed by atoms with Gasteiger partial charge in [-0.15, -0.1) is 4.40 Å². The van der Waals surface area contributed by atoms with Crippen LogP contribution in [-0.4, -0.2) is 27.0 Å². The zero-order valence-corrected chi connectivity index (χ0v) is 20.2. The van der Waals surface area contributed by atoms with Crippen LogP contribution >= 0.6 is 15.9 Å². The van der Waals surface area contributed by atoms with Crippen LogP contribution in [0.3, 0.4) is 0 Å². The standard InChI is InChI=1S/C23H19BrN2O4S2/c1-17-6-10-22(11-7-17)32(29,30)26-15-14-18-4-2-3-5-19(18)16-23(26)25-31(27,28)21-12-8-20(24)9-13-21/h2-15H,16H2,1H3/b25-23+. The van der Waals surface area contributed by atoms with Crippen molar-refractivity contribution in [3.63, 3.8) is 0 Å². The Morgan fingerprint density at radius 1 is 0.844 bits per heavy atom. The van der Waals surface area contributed by atoms with E-state index in [0.717, 1.165) is 25.5 Å². The second-order valence-electron chi connectivity index (χ2n) is 7.24. The molecule has 0 N–H and O–H groups in total. The Labute approximate surface area is 196 Å². The van der Waals surface area contributed by atoms with Crippen LogP contribution in [0.5, 0.6) is 0 Å². The van der Waals surface area contributed by atoms with E-state index in [-0.39, 0.29) is 22.0 Å². The van der Waals surface area contributed by atoms with Gasteiger partial charge in [-0.05, 0) is 60.5 Å².